The Bertz CT molecular complexity index is 832. The van der Waals surface area contributed by atoms with Crippen LogP contribution in [0.5, 0.6) is 0 Å². The van der Waals surface area contributed by atoms with E-state index in [-0.39, 0.29) is 12.1 Å². The summed E-state index contributed by atoms with van der Waals surface area (Å²) < 4.78 is 0. The number of nitro benzene ring substituents is 1. The van der Waals surface area contributed by atoms with Gasteiger partial charge in [0.05, 0.1) is 11.0 Å². The second-order valence-electron chi connectivity index (χ2n) is 7.29. The summed E-state index contributed by atoms with van der Waals surface area (Å²) in [6.07, 6.45) is 1.56. The normalized spacial score (nSPS) is 26.7. The first kappa shape index (κ1) is 16.5. The van der Waals surface area contributed by atoms with Gasteiger partial charge in [0.1, 0.15) is 0 Å². The van der Waals surface area contributed by atoms with Crippen LogP contribution in [0, 0.1) is 21.4 Å². The molecular formula is C17H18N4O5. The number of nitrogens with zero attached hydrogens (tertiary/aromatic N) is 2. The van der Waals surface area contributed by atoms with E-state index in [4.69, 9.17) is 0 Å². The highest BCUT2D eigenvalue weighted by Gasteiger charge is 2.60. The summed E-state index contributed by atoms with van der Waals surface area (Å²) in [4.78, 5) is 49.9. The van der Waals surface area contributed by atoms with Gasteiger partial charge in [-0.15, -0.1) is 0 Å². The van der Waals surface area contributed by atoms with E-state index >= 15 is 0 Å². The Hall–Kier alpha value is -2.97. The van der Waals surface area contributed by atoms with Crippen LogP contribution < -0.4 is 15.5 Å². The second kappa shape index (κ2) is 5.52. The van der Waals surface area contributed by atoms with Crippen LogP contribution in [0.2, 0.25) is 0 Å². The minimum Gasteiger partial charge on any atom is -0.367 e. The molecule has 1 aromatic carbocycles. The molecule has 2 N–H and O–H groups in total. The Balaban J connectivity index is 1.88. The molecule has 2 atom stereocenters. The highest BCUT2D eigenvalue weighted by atomic mass is 16.6. The molecule has 4 amide bonds. The van der Waals surface area contributed by atoms with Crippen molar-refractivity contribution in [1.82, 2.24) is 10.6 Å². The Labute approximate surface area is 148 Å². The van der Waals surface area contributed by atoms with E-state index in [9.17, 15) is 24.5 Å². The fraction of sp³-hybridized carbons (Fsp3) is 0.471. The smallest absolute Gasteiger partial charge is 0.328 e. The Kier molecular flexibility index (Phi) is 3.50. The fourth-order valence-electron chi connectivity index (χ4n) is 4.45. The van der Waals surface area contributed by atoms with Gasteiger partial charge in [0.2, 0.25) is 11.8 Å². The summed E-state index contributed by atoms with van der Waals surface area (Å²) in [5, 5.41) is 15.6. The third-order valence-corrected chi connectivity index (χ3v) is 5.75. The quantitative estimate of drug-likeness (QED) is 0.440. The van der Waals surface area contributed by atoms with E-state index < -0.39 is 34.2 Å². The maximum Gasteiger partial charge on any atom is 0.328 e. The molecule has 4 rings (SSSR count). The number of amides is 4. The maximum absolute atomic E-state index is 12.8. The molecule has 9 nitrogen and oxygen atoms in total. The van der Waals surface area contributed by atoms with Gasteiger partial charge in [-0.2, -0.15) is 0 Å². The van der Waals surface area contributed by atoms with Gasteiger partial charge >= 0.3 is 6.03 Å². The number of fused-ring (bicyclic) bond motifs is 4. The second-order valence-corrected chi connectivity index (χ2v) is 7.29. The van der Waals surface area contributed by atoms with Crippen molar-refractivity contribution in [3.05, 3.63) is 33.9 Å². The average molecular weight is 358 g/mol. The van der Waals surface area contributed by atoms with Crippen LogP contribution >= 0.6 is 0 Å². The van der Waals surface area contributed by atoms with Gasteiger partial charge in [-0.25, -0.2) is 4.79 Å². The molecule has 0 saturated carbocycles. The SMILES string of the molecule is C[C@@H]1CCN2c3ccc([N+](=O)[O-])cc3CC3(C(=O)NC(=O)NC3=O)[C@H]2C1. The topological polar surface area (TPSA) is 122 Å². The number of rotatable bonds is 1. The number of hydrogen-bond donors (Lipinski definition) is 2. The van der Waals surface area contributed by atoms with Crippen molar-refractivity contribution in [3.8, 4) is 0 Å². The van der Waals surface area contributed by atoms with Crippen LogP contribution in [0.1, 0.15) is 25.3 Å². The zero-order chi connectivity index (χ0) is 18.6. The fourth-order valence-corrected chi connectivity index (χ4v) is 4.45. The molecule has 0 unspecified atom stereocenters. The largest absolute Gasteiger partial charge is 0.367 e. The first-order valence-corrected chi connectivity index (χ1v) is 8.54. The first-order chi connectivity index (χ1) is 12.3. The van der Waals surface area contributed by atoms with E-state index in [2.05, 4.69) is 17.6 Å². The summed E-state index contributed by atoms with van der Waals surface area (Å²) >= 11 is 0. The zero-order valence-electron chi connectivity index (χ0n) is 14.2. The van der Waals surface area contributed by atoms with Gasteiger partial charge in [0.25, 0.3) is 5.69 Å². The molecule has 2 fully saturated rings. The number of carbonyl (C=O) groups is 3. The summed E-state index contributed by atoms with van der Waals surface area (Å²) in [6.45, 7) is 2.72. The van der Waals surface area contributed by atoms with E-state index in [0.717, 1.165) is 12.1 Å². The predicted molar refractivity (Wildman–Crippen MR) is 90.4 cm³/mol. The van der Waals surface area contributed by atoms with Gasteiger partial charge in [0.15, 0.2) is 5.41 Å². The molecule has 1 aromatic rings. The van der Waals surface area contributed by atoms with Crippen molar-refractivity contribution in [2.45, 2.75) is 32.2 Å². The minimum atomic E-state index is -1.47. The lowest BCUT2D eigenvalue weighted by atomic mass is 9.65. The number of imide groups is 2. The van der Waals surface area contributed by atoms with Gasteiger partial charge in [-0.05, 0) is 30.4 Å². The molecule has 3 aliphatic heterocycles. The number of nitrogens with one attached hydrogen (secondary N) is 2. The number of hydrogen-bond acceptors (Lipinski definition) is 6. The van der Waals surface area contributed by atoms with E-state index in [0.29, 0.717) is 24.4 Å². The maximum atomic E-state index is 12.8. The standard InChI is InChI=1S/C17H18N4O5/c1-9-4-5-20-12-3-2-11(21(25)26)7-10(12)8-17(13(20)6-9)14(22)18-16(24)19-15(17)23/h2-3,7,9,13H,4-6,8H2,1H3,(H2,18,19,22,23,24)/t9-,13-/m1/s1. The lowest BCUT2D eigenvalue weighted by Crippen LogP contribution is -2.72. The number of piperidine rings is 1. The highest BCUT2D eigenvalue weighted by molar-refractivity contribution is 6.20. The van der Waals surface area contributed by atoms with Crippen LogP contribution in [0.25, 0.3) is 0 Å². The molecule has 2 saturated heterocycles. The van der Waals surface area contributed by atoms with Crippen molar-refractivity contribution in [1.29, 1.82) is 0 Å². The summed E-state index contributed by atoms with van der Waals surface area (Å²) in [7, 11) is 0. The van der Waals surface area contributed by atoms with Crippen molar-refractivity contribution in [2.75, 3.05) is 11.4 Å². The lowest BCUT2D eigenvalue weighted by molar-refractivity contribution is -0.384. The van der Waals surface area contributed by atoms with Gasteiger partial charge in [0, 0.05) is 30.8 Å². The molecule has 0 bridgehead atoms. The molecule has 0 aliphatic carbocycles. The van der Waals surface area contributed by atoms with E-state index in [1.54, 1.807) is 6.07 Å². The number of urea groups is 1. The van der Waals surface area contributed by atoms with Crippen LogP contribution in [-0.4, -0.2) is 35.4 Å². The number of non-ortho nitro benzene ring substituents is 1. The molecule has 3 aliphatic rings. The molecule has 0 aromatic heterocycles. The molecule has 136 valence electrons. The third kappa shape index (κ3) is 2.19. The van der Waals surface area contributed by atoms with Crippen molar-refractivity contribution < 1.29 is 19.3 Å². The Morgan fingerprint density at radius 2 is 1.92 bits per heavy atom. The molecule has 26 heavy (non-hydrogen) atoms. The first-order valence-electron chi connectivity index (χ1n) is 8.54. The van der Waals surface area contributed by atoms with Crippen molar-refractivity contribution >= 4 is 29.2 Å². The van der Waals surface area contributed by atoms with E-state index in [1.165, 1.54) is 12.1 Å². The van der Waals surface area contributed by atoms with Gasteiger partial charge in [-0.3, -0.25) is 30.3 Å². The minimum absolute atomic E-state index is 0.0306. The predicted octanol–water partition coefficient (Wildman–Crippen LogP) is 1.11. The monoisotopic (exact) mass is 358 g/mol. The number of carbonyl (C=O) groups excluding carboxylic acids is 3. The van der Waals surface area contributed by atoms with Crippen LogP contribution in [-0.2, 0) is 16.0 Å². The molecule has 3 heterocycles. The molecular weight excluding hydrogens is 340 g/mol. The third-order valence-electron chi connectivity index (χ3n) is 5.75. The van der Waals surface area contributed by atoms with E-state index in [1.807, 2.05) is 4.90 Å². The average Bonchev–Trinajstić information content (AvgIpc) is 2.58. The number of nitro groups is 1. The number of barbiturate groups is 1. The van der Waals surface area contributed by atoms with Crippen LogP contribution in [0.3, 0.4) is 0 Å². The highest BCUT2D eigenvalue weighted by Crippen LogP contribution is 2.48. The summed E-state index contributed by atoms with van der Waals surface area (Å²) in [5.41, 5.74) is -0.166. The van der Waals surface area contributed by atoms with Crippen LogP contribution in [0.4, 0.5) is 16.2 Å². The van der Waals surface area contributed by atoms with Crippen LogP contribution in [0.15, 0.2) is 18.2 Å². The zero-order valence-corrected chi connectivity index (χ0v) is 14.2. The summed E-state index contributed by atoms with van der Waals surface area (Å²) in [6, 6.07) is 3.32. The number of benzene rings is 1. The molecule has 9 heteroatoms. The van der Waals surface area contributed by atoms with Crippen molar-refractivity contribution in [2.24, 2.45) is 11.3 Å². The van der Waals surface area contributed by atoms with Gasteiger partial charge in [-0.1, -0.05) is 6.92 Å². The molecule has 1 spiro atoms. The van der Waals surface area contributed by atoms with Crippen molar-refractivity contribution in [3.63, 3.8) is 0 Å². The molecule has 0 radical (unpaired) electrons. The number of anilines is 1. The lowest BCUT2D eigenvalue weighted by Gasteiger charge is -2.53. The van der Waals surface area contributed by atoms with Gasteiger partial charge < -0.3 is 4.90 Å². The summed E-state index contributed by atoms with van der Waals surface area (Å²) in [5.74, 6) is -0.939. The Morgan fingerprint density at radius 3 is 2.58 bits per heavy atom. The Morgan fingerprint density at radius 1 is 1.23 bits per heavy atom.